The summed E-state index contributed by atoms with van der Waals surface area (Å²) >= 11 is 5.99. The van der Waals surface area contributed by atoms with Crippen LogP contribution < -0.4 is 0 Å². The van der Waals surface area contributed by atoms with Crippen molar-refractivity contribution < 1.29 is 4.79 Å². The van der Waals surface area contributed by atoms with Gasteiger partial charge >= 0.3 is 0 Å². The number of amides is 1. The quantitative estimate of drug-likeness (QED) is 0.790. The van der Waals surface area contributed by atoms with Gasteiger partial charge in [-0.05, 0) is 30.4 Å². The lowest BCUT2D eigenvalue weighted by atomic mass is 9.74. The largest absolute Gasteiger partial charge is 0.339 e. The number of hydrogen-bond donors (Lipinski definition) is 0. The van der Waals surface area contributed by atoms with Crippen LogP contribution in [-0.2, 0) is 0 Å². The third kappa shape index (κ3) is 2.92. The molecule has 0 spiro atoms. The van der Waals surface area contributed by atoms with E-state index in [1.165, 1.54) is 12.8 Å². The van der Waals surface area contributed by atoms with Crippen LogP contribution in [0.4, 0.5) is 0 Å². The van der Waals surface area contributed by atoms with E-state index in [9.17, 15) is 4.79 Å². The van der Waals surface area contributed by atoms with E-state index in [1.54, 1.807) is 18.3 Å². The molecule has 1 aliphatic heterocycles. The molecule has 0 bridgehead atoms. The molecule has 1 amide bonds. The van der Waals surface area contributed by atoms with E-state index >= 15 is 0 Å². The van der Waals surface area contributed by atoms with Gasteiger partial charge in [-0.3, -0.25) is 4.79 Å². The lowest BCUT2D eigenvalue weighted by molar-refractivity contribution is 0.0557. The Kier molecular flexibility index (Phi) is 4.46. The predicted molar refractivity (Wildman–Crippen MR) is 77.4 cm³/mol. The fraction of sp³-hybridized carbons (Fsp3) is 0.600. The maximum atomic E-state index is 12.4. The summed E-state index contributed by atoms with van der Waals surface area (Å²) in [5.41, 5.74) is 0.944. The average molecular weight is 281 g/mol. The first-order valence-electron chi connectivity index (χ1n) is 7.01. The lowest BCUT2D eigenvalue weighted by Crippen LogP contribution is -2.42. The molecule has 0 aromatic carbocycles. The third-order valence-corrected chi connectivity index (χ3v) is 4.90. The Bertz CT molecular complexity index is 447. The minimum Gasteiger partial charge on any atom is -0.339 e. The van der Waals surface area contributed by atoms with Gasteiger partial charge in [-0.25, -0.2) is 4.98 Å². The van der Waals surface area contributed by atoms with Crippen LogP contribution in [0, 0.1) is 5.41 Å². The molecule has 2 rings (SSSR count). The minimum absolute atomic E-state index is 0.0129. The number of carbonyl (C=O) groups is 1. The Balaban J connectivity index is 2.06. The van der Waals surface area contributed by atoms with Crippen LogP contribution in [0.2, 0.25) is 5.15 Å². The van der Waals surface area contributed by atoms with Gasteiger partial charge in [-0.2, -0.15) is 0 Å². The number of piperidine rings is 1. The summed E-state index contributed by atoms with van der Waals surface area (Å²) in [6.45, 7) is 6.15. The van der Waals surface area contributed by atoms with Gasteiger partial charge in [0.05, 0.1) is 5.56 Å². The lowest BCUT2D eigenvalue weighted by Gasteiger charge is -2.41. The molecular formula is C15H21ClN2O. The highest BCUT2D eigenvalue weighted by Crippen LogP contribution is 2.38. The zero-order valence-electron chi connectivity index (χ0n) is 11.7. The monoisotopic (exact) mass is 280 g/mol. The van der Waals surface area contributed by atoms with Crippen molar-refractivity contribution in [2.24, 2.45) is 5.41 Å². The van der Waals surface area contributed by atoms with Crippen LogP contribution in [0.5, 0.6) is 0 Å². The first-order valence-corrected chi connectivity index (χ1v) is 7.39. The van der Waals surface area contributed by atoms with E-state index in [0.717, 1.165) is 25.9 Å². The van der Waals surface area contributed by atoms with Crippen LogP contribution in [-0.4, -0.2) is 28.9 Å². The molecule has 0 N–H and O–H groups in total. The Morgan fingerprint density at radius 3 is 2.53 bits per heavy atom. The maximum absolute atomic E-state index is 12.4. The fourth-order valence-electron chi connectivity index (χ4n) is 2.86. The number of aromatic nitrogens is 1. The molecule has 0 saturated carbocycles. The normalized spacial score (nSPS) is 18.4. The summed E-state index contributed by atoms with van der Waals surface area (Å²) in [4.78, 5) is 18.3. The van der Waals surface area contributed by atoms with Crippen LogP contribution in [0.25, 0.3) is 0 Å². The van der Waals surface area contributed by atoms with E-state index in [1.807, 2.05) is 4.90 Å². The first-order chi connectivity index (χ1) is 9.12. The van der Waals surface area contributed by atoms with Gasteiger partial charge < -0.3 is 4.90 Å². The Morgan fingerprint density at radius 1 is 1.37 bits per heavy atom. The highest BCUT2D eigenvalue weighted by molar-refractivity contribution is 6.32. The van der Waals surface area contributed by atoms with E-state index in [0.29, 0.717) is 16.1 Å². The minimum atomic E-state index is 0.0129. The molecule has 0 atom stereocenters. The standard InChI is InChI=1S/C15H21ClN2O/c1-3-15(4-2)7-10-18(11-8-15)14(19)12-6-5-9-17-13(12)16/h5-6,9H,3-4,7-8,10-11H2,1-2H3. The molecule has 4 heteroatoms. The smallest absolute Gasteiger partial charge is 0.256 e. The van der Waals surface area contributed by atoms with Gasteiger partial charge in [-0.15, -0.1) is 0 Å². The average Bonchev–Trinajstić information content (AvgIpc) is 2.47. The van der Waals surface area contributed by atoms with Gasteiger partial charge in [0.2, 0.25) is 0 Å². The second kappa shape index (κ2) is 5.91. The maximum Gasteiger partial charge on any atom is 0.256 e. The molecule has 1 saturated heterocycles. The van der Waals surface area contributed by atoms with E-state index < -0.39 is 0 Å². The summed E-state index contributed by atoms with van der Waals surface area (Å²) in [6, 6.07) is 3.50. The zero-order valence-corrected chi connectivity index (χ0v) is 12.4. The molecule has 1 aromatic heterocycles. The van der Waals surface area contributed by atoms with Crippen LogP contribution in [0.1, 0.15) is 49.9 Å². The Morgan fingerprint density at radius 2 is 2.00 bits per heavy atom. The molecule has 3 nitrogen and oxygen atoms in total. The van der Waals surface area contributed by atoms with E-state index in [-0.39, 0.29) is 5.91 Å². The number of carbonyl (C=O) groups excluding carboxylic acids is 1. The molecule has 104 valence electrons. The summed E-state index contributed by atoms with van der Waals surface area (Å²) in [5.74, 6) is 0.0129. The highest BCUT2D eigenvalue weighted by atomic mass is 35.5. The van der Waals surface area contributed by atoms with Crippen molar-refractivity contribution in [2.45, 2.75) is 39.5 Å². The van der Waals surface area contributed by atoms with Gasteiger partial charge in [-0.1, -0.05) is 38.3 Å². The molecule has 0 aliphatic carbocycles. The Labute approximate surface area is 120 Å². The van der Waals surface area contributed by atoms with Crippen molar-refractivity contribution in [1.82, 2.24) is 9.88 Å². The van der Waals surface area contributed by atoms with Crippen LogP contribution in [0.15, 0.2) is 18.3 Å². The molecule has 1 aromatic rings. The number of pyridine rings is 1. The number of hydrogen-bond acceptors (Lipinski definition) is 2. The second-order valence-electron chi connectivity index (χ2n) is 5.34. The summed E-state index contributed by atoms with van der Waals surface area (Å²) in [5, 5.41) is 0.301. The van der Waals surface area contributed by atoms with Crippen molar-refractivity contribution in [3.8, 4) is 0 Å². The predicted octanol–water partition coefficient (Wildman–Crippen LogP) is 3.78. The zero-order chi connectivity index (χ0) is 13.9. The summed E-state index contributed by atoms with van der Waals surface area (Å²) in [6.07, 6.45) is 6.17. The van der Waals surface area contributed by atoms with E-state index in [2.05, 4.69) is 18.8 Å². The summed E-state index contributed by atoms with van der Waals surface area (Å²) < 4.78 is 0. The third-order valence-electron chi connectivity index (χ3n) is 4.60. The molecular weight excluding hydrogens is 260 g/mol. The van der Waals surface area contributed by atoms with Crippen molar-refractivity contribution in [3.63, 3.8) is 0 Å². The second-order valence-corrected chi connectivity index (χ2v) is 5.70. The number of nitrogens with zero attached hydrogens (tertiary/aromatic N) is 2. The van der Waals surface area contributed by atoms with Gasteiger partial charge in [0.25, 0.3) is 5.91 Å². The first kappa shape index (κ1) is 14.3. The van der Waals surface area contributed by atoms with Gasteiger partial charge in [0.15, 0.2) is 0 Å². The molecule has 1 aliphatic rings. The highest BCUT2D eigenvalue weighted by Gasteiger charge is 2.33. The van der Waals surface area contributed by atoms with Crippen molar-refractivity contribution in [3.05, 3.63) is 29.0 Å². The van der Waals surface area contributed by atoms with Crippen molar-refractivity contribution in [1.29, 1.82) is 0 Å². The van der Waals surface area contributed by atoms with Crippen molar-refractivity contribution in [2.75, 3.05) is 13.1 Å². The summed E-state index contributed by atoms with van der Waals surface area (Å²) in [7, 11) is 0. The molecule has 19 heavy (non-hydrogen) atoms. The Hall–Kier alpha value is -1.09. The number of halogens is 1. The topological polar surface area (TPSA) is 33.2 Å². The number of likely N-dealkylation sites (tertiary alicyclic amines) is 1. The number of rotatable bonds is 3. The molecule has 0 radical (unpaired) electrons. The SMILES string of the molecule is CCC1(CC)CCN(C(=O)c2cccnc2Cl)CC1. The van der Waals surface area contributed by atoms with Crippen LogP contribution >= 0.6 is 11.6 Å². The molecule has 2 heterocycles. The van der Waals surface area contributed by atoms with Gasteiger partial charge in [0.1, 0.15) is 5.15 Å². The van der Waals surface area contributed by atoms with Gasteiger partial charge in [0, 0.05) is 19.3 Å². The molecule has 1 fully saturated rings. The fourth-order valence-corrected chi connectivity index (χ4v) is 3.06. The van der Waals surface area contributed by atoms with Crippen LogP contribution in [0.3, 0.4) is 0 Å². The van der Waals surface area contributed by atoms with E-state index in [4.69, 9.17) is 11.6 Å². The van der Waals surface area contributed by atoms with Crippen molar-refractivity contribution >= 4 is 17.5 Å². The molecule has 0 unspecified atom stereocenters.